The average Bonchev–Trinajstić information content (AvgIpc) is 2.96. The predicted octanol–water partition coefficient (Wildman–Crippen LogP) is 3.79. The summed E-state index contributed by atoms with van der Waals surface area (Å²) in [4.78, 5) is 25.0. The Morgan fingerprint density at radius 2 is 1.88 bits per heavy atom. The first-order valence-corrected chi connectivity index (χ1v) is 8.85. The SMILES string of the molecule is CC(=O)NCc1ccc(C(=O)NC(C)(C)Cc2ccccc2Cl)s1. The van der Waals surface area contributed by atoms with Crippen molar-refractivity contribution in [1.29, 1.82) is 0 Å². The van der Waals surface area contributed by atoms with Gasteiger partial charge < -0.3 is 10.6 Å². The van der Waals surface area contributed by atoms with E-state index in [9.17, 15) is 9.59 Å². The van der Waals surface area contributed by atoms with Crippen LogP contribution in [0.5, 0.6) is 0 Å². The molecule has 0 saturated carbocycles. The standard InChI is InChI=1S/C18H21ClN2O2S/c1-12(22)20-11-14-8-9-16(24-14)17(23)21-18(2,3)10-13-6-4-5-7-15(13)19/h4-9H,10-11H2,1-3H3,(H,20,22)(H,21,23). The van der Waals surface area contributed by atoms with Crippen LogP contribution in [0, 0.1) is 0 Å². The molecule has 1 heterocycles. The molecule has 0 unspecified atom stereocenters. The second-order valence-corrected chi connectivity index (χ2v) is 7.86. The Morgan fingerprint density at radius 3 is 2.54 bits per heavy atom. The van der Waals surface area contributed by atoms with Crippen molar-refractivity contribution in [2.45, 2.75) is 39.3 Å². The molecule has 2 amide bonds. The number of hydrogen-bond acceptors (Lipinski definition) is 3. The summed E-state index contributed by atoms with van der Waals surface area (Å²) in [6.07, 6.45) is 0.641. The predicted molar refractivity (Wildman–Crippen MR) is 98.5 cm³/mol. The van der Waals surface area contributed by atoms with Gasteiger partial charge in [-0.05, 0) is 44.0 Å². The van der Waals surface area contributed by atoms with Crippen molar-refractivity contribution < 1.29 is 9.59 Å². The molecule has 6 heteroatoms. The van der Waals surface area contributed by atoms with E-state index in [4.69, 9.17) is 11.6 Å². The average molecular weight is 365 g/mol. The summed E-state index contributed by atoms with van der Waals surface area (Å²) in [5, 5.41) is 6.48. The van der Waals surface area contributed by atoms with Crippen LogP contribution in [0.15, 0.2) is 36.4 Å². The smallest absolute Gasteiger partial charge is 0.261 e. The summed E-state index contributed by atoms with van der Waals surface area (Å²) in [7, 11) is 0. The maximum absolute atomic E-state index is 12.5. The van der Waals surface area contributed by atoms with Crippen molar-refractivity contribution in [3.05, 3.63) is 56.7 Å². The van der Waals surface area contributed by atoms with E-state index in [1.54, 1.807) is 6.07 Å². The number of benzene rings is 1. The van der Waals surface area contributed by atoms with Crippen molar-refractivity contribution in [1.82, 2.24) is 10.6 Å². The first-order chi connectivity index (χ1) is 11.3. The molecule has 24 heavy (non-hydrogen) atoms. The summed E-state index contributed by atoms with van der Waals surface area (Å²) in [6.45, 7) is 5.86. The Labute approximate surface area is 151 Å². The lowest BCUT2D eigenvalue weighted by Gasteiger charge is -2.26. The highest BCUT2D eigenvalue weighted by Crippen LogP contribution is 2.22. The van der Waals surface area contributed by atoms with Crippen LogP contribution in [0.4, 0.5) is 0 Å². The second-order valence-electron chi connectivity index (χ2n) is 6.28. The van der Waals surface area contributed by atoms with Crippen LogP contribution in [0.3, 0.4) is 0 Å². The molecule has 0 aliphatic rings. The molecular formula is C18H21ClN2O2S. The molecule has 128 valence electrons. The summed E-state index contributed by atoms with van der Waals surface area (Å²) in [5.74, 6) is -0.207. The molecule has 2 aromatic rings. The minimum atomic E-state index is -0.427. The molecule has 0 aliphatic carbocycles. The van der Waals surface area contributed by atoms with E-state index in [1.165, 1.54) is 18.3 Å². The zero-order valence-electron chi connectivity index (χ0n) is 14.0. The van der Waals surface area contributed by atoms with Crippen molar-refractivity contribution in [3.8, 4) is 0 Å². The Hall–Kier alpha value is -1.85. The fourth-order valence-electron chi connectivity index (χ4n) is 2.34. The molecule has 1 aromatic carbocycles. The van der Waals surface area contributed by atoms with Gasteiger partial charge in [0.25, 0.3) is 5.91 Å². The topological polar surface area (TPSA) is 58.2 Å². The molecule has 1 aromatic heterocycles. The first-order valence-electron chi connectivity index (χ1n) is 7.66. The summed E-state index contributed by atoms with van der Waals surface area (Å²) < 4.78 is 0. The lowest BCUT2D eigenvalue weighted by molar-refractivity contribution is -0.119. The van der Waals surface area contributed by atoms with Crippen LogP contribution in [-0.2, 0) is 17.8 Å². The van der Waals surface area contributed by atoms with Gasteiger partial charge >= 0.3 is 0 Å². The number of rotatable bonds is 6. The summed E-state index contributed by atoms with van der Waals surface area (Å²) in [6, 6.07) is 11.3. The largest absolute Gasteiger partial charge is 0.351 e. The summed E-state index contributed by atoms with van der Waals surface area (Å²) in [5.41, 5.74) is 0.575. The van der Waals surface area contributed by atoms with E-state index in [-0.39, 0.29) is 11.8 Å². The van der Waals surface area contributed by atoms with Gasteiger partial charge in [-0.25, -0.2) is 0 Å². The molecule has 4 nitrogen and oxygen atoms in total. The van der Waals surface area contributed by atoms with E-state index >= 15 is 0 Å². The maximum Gasteiger partial charge on any atom is 0.261 e. The van der Waals surface area contributed by atoms with Crippen LogP contribution in [-0.4, -0.2) is 17.4 Å². The van der Waals surface area contributed by atoms with Gasteiger partial charge in [-0.1, -0.05) is 29.8 Å². The Morgan fingerprint density at radius 1 is 1.17 bits per heavy atom. The molecule has 0 aliphatic heterocycles. The van der Waals surface area contributed by atoms with Crippen molar-refractivity contribution in [3.63, 3.8) is 0 Å². The number of thiophene rings is 1. The van der Waals surface area contributed by atoms with E-state index in [0.29, 0.717) is 22.9 Å². The third kappa shape index (κ3) is 5.35. The normalized spacial score (nSPS) is 11.2. The molecule has 0 atom stereocenters. The number of carbonyl (C=O) groups excluding carboxylic acids is 2. The van der Waals surface area contributed by atoms with Crippen LogP contribution in [0.1, 0.15) is 40.9 Å². The first kappa shape index (κ1) is 18.5. The maximum atomic E-state index is 12.5. The highest BCUT2D eigenvalue weighted by molar-refractivity contribution is 7.14. The molecule has 2 rings (SSSR count). The van der Waals surface area contributed by atoms with Gasteiger partial charge in [0.2, 0.25) is 5.91 Å². The summed E-state index contributed by atoms with van der Waals surface area (Å²) >= 11 is 7.58. The van der Waals surface area contributed by atoms with E-state index in [1.807, 2.05) is 44.2 Å². The minimum absolute atomic E-state index is 0.0877. The lowest BCUT2D eigenvalue weighted by atomic mass is 9.95. The van der Waals surface area contributed by atoms with Gasteiger partial charge in [0.1, 0.15) is 0 Å². The van der Waals surface area contributed by atoms with Crippen molar-refractivity contribution >= 4 is 34.8 Å². The van der Waals surface area contributed by atoms with E-state index in [0.717, 1.165) is 10.4 Å². The highest BCUT2D eigenvalue weighted by atomic mass is 35.5. The monoisotopic (exact) mass is 364 g/mol. The van der Waals surface area contributed by atoms with E-state index in [2.05, 4.69) is 10.6 Å². The Balaban J connectivity index is 2.00. The van der Waals surface area contributed by atoms with Gasteiger partial charge in [-0.3, -0.25) is 9.59 Å². The Bertz CT molecular complexity index is 740. The van der Waals surface area contributed by atoms with Gasteiger partial charge in [0.05, 0.1) is 11.4 Å². The van der Waals surface area contributed by atoms with Crippen molar-refractivity contribution in [2.75, 3.05) is 0 Å². The second kappa shape index (κ2) is 7.81. The molecule has 2 N–H and O–H groups in total. The number of halogens is 1. The van der Waals surface area contributed by atoms with Gasteiger partial charge in [0, 0.05) is 22.4 Å². The van der Waals surface area contributed by atoms with Crippen LogP contribution in [0.25, 0.3) is 0 Å². The molecule has 0 saturated heterocycles. The zero-order valence-corrected chi connectivity index (χ0v) is 15.6. The quantitative estimate of drug-likeness (QED) is 0.819. The number of hydrogen-bond donors (Lipinski definition) is 2. The fraction of sp³-hybridized carbons (Fsp3) is 0.333. The molecule has 0 spiro atoms. The van der Waals surface area contributed by atoms with Crippen LogP contribution < -0.4 is 10.6 Å². The fourth-order valence-corrected chi connectivity index (χ4v) is 3.38. The van der Waals surface area contributed by atoms with E-state index < -0.39 is 5.54 Å². The number of amides is 2. The van der Waals surface area contributed by atoms with Crippen molar-refractivity contribution in [2.24, 2.45) is 0 Å². The van der Waals surface area contributed by atoms with Crippen LogP contribution in [0.2, 0.25) is 5.02 Å². The molecule has 0 radical (unpaired) electrons. The third-order valence-corrected chi connectivity index (χ3v) is 4.89. The van der Waals surface area contributed by atoms with Gasteiger partial charge in [0.15, 0.2) is 0 Å². The zero-order chi connectivity index (χ0) is 17.7. The number of nitrogens with one attached hydrogen (secondary N) is 2. The highest BCUT2D eigenvalue weighted by Gasteiger charge is 2.23. The van der Waals surface area contributed by atoms with Gasteiger partial charge in [-0.2, -0.15) is 0 Å². The third-order valence-electron chi connectivity index (χ3n) is 3.44. The van der Waals surface area contributed by atoms with Crippen LogP contribution >= 0.6 is 22.9 Å². The Kier molecular flexibility index (Phi) is 6.02. The molecule has 0 fully saturated rings. The lowest BCUT2D eigenvalue weighted by Crippen LogP contribution is -2.44. The van der Waals surface area contributed by atoms with Gasteiger partial charge in [-0.15, -0.1) is 11.3 Å². The molecule has 0 bridgehead atoms. The molecular weight excluding hydrogens is 344 g/mol. The number of carbonyl (C=O) groups is 2. The minimum Gasteiger partial charge on any atom is -0.351 e.